The Morgan fingerprint density at radius 1 is 1.17 bits per heavy atom. The van der Waals surface area contributed by atoms with E-state index < -0.39 is 0 Å². The summed E-state index contributed by atoms with van der Waals surface area (Å²) >= 11 is 0. The molecule has 0 spiro atoms. The molecular weight excluding hydrogens is 299 g/mol. The quantitative estimate of drug-likeness (QED) is 0.917. The Balaban J connectivity index is 2.05. The van der Waals surface area contributed by atoms with Crippen LogP contribution in [0.3, 0.4) is 0 Å². The molecule has 1 N–H and O–H groups in total. The van der Waals surface area contributed by atoms with E-state index in [4.69, 9.17) is 13.9 Å². The zero-order chi connectivity index (χ0) is 16.2. The van der Waals surface area contributed by atoms with Crippen molar-refractivity contribution in [3.05, 3.63) is 47.7 Å². The molecule has 5 nitrogen and oxygen atoms in total. The second-order valence-electron chi connectivity index (χ2n) is 5.43. The highest BCUT2D eigenvalue weighted by atomic mass is 19.1. The van der Waals surface area contributed by atoms with Crippen LogP contribution in [-0.2, 0) is 0 Å². The highest BCUT2D eigenvalue weighted by molar-refractivity contribution is 5.46. The van der Waals surface area contributed by atoms with E-state index in [2.05, 4.69) is 10.2 Å². The molecule has 0 bridgehead atoms. The standard InChI is InChI=1S/C17H21FN2O3/c1-21-15-10-12(13(18)11-16(15)22-2)17(14-4-3-9-23-14)20-7-5-19-6-8-20/h3-4,9-11,17,19H,5-8H2,1-2H3/t17-/m1/s1. The number of hydrogen-bond acceptors (Lipinski definition) is 5. The lowest BCUT2D eigenvalue weighted by Gasteiger charge is -2.34. The summed E-state index contributed by atoms with van der Waals surface area (Å²) in [4.78, 5) is 2.21. The minimum absolute atomic E-state index is 0.285. The van der Waals surface area contributed by atoms with Crippen molar-refractivity contribution in [2.24, 2.45) is 0 Å². The summed E-state index contributed by atoms with van der Waals surface area (Å²) in [5.41, 5.74) is 0.527. The first-order valence-electron chi connectivity index (χ1n) is 7.64. The predicted molar refractivity (Wildman–Crippen MR) is 84.5 cm³/mol. The van der Waals surface area contributed by atoms with Gasteiger partial charge in [-0.1, -0.05) is 0 Å². The summed E-state index contributed by atoms with van der Waals surface area (Å²) in [6, 6.07) is 6.48. The van der Waals surface area contributed by atoms with Gasteiger partial charge >= 0.3 is 0 Å². The average Bonchev–Trinajstić information content (AvgIpc) is 3.11. The Kier molecular flexibility index (Phi) is 4.83. The molecule has 1 aromatic heterocycles. The van der Waals surface area contributed by atoms with Gasteiger partial charge in [0.1, 0.15) is 11.6 Å². The van der Waals surface area contributed by atoms with Crippen molar-refractivity contribution in [2.45, 2.75) is 6.04 Å². The molecule has 1 fully saturated rings. The number of nitrogens with zero attached hydrogens (tertiary/aromatic N) is 1. The van der Waals surface area contributed by atoms with E-state index in [-0.39, 0.29) is 11.9 Å². The van der Waals surface area contributed by atoms with E-state index in [1.807, 2.05) is 12.1 Å². The van der Waals surface area contributed by atoms with E-state index >= 15 is 0 Å². The fourth-order valence-corrected chi connectivity index (χ4v) is 3.00. The Labute approximate surface area is 135 Å². The van der Waals surface area contributed by atoms with Crippen LogP contribution in [-0.4, -0.2) is 45.3 Å². The molecule has 3 rings (SSSR count). The molecule has 23 heavy (non-hydrogen) atoms. The van der Waals surface area contributed by atoms with Gasteiger partial charge < -0.3 is 19.2 Å². The molecule has 2 heterocycles. The minimum atomic E-state index is -0.331. The third-order valence-corrected chi connectivity index (χ3v) is 4.13. The number of nitrogens with one attached hydrogen (secondary N) is 1. The van der Waals surface area contributed by atoms with Crippen LogP contribution in [0.4, 0.5) is 4.39 Å². The third kappa shape index (κ3) is 3.18. The summed E-state index contributed by atoms with van der Waals surface area (Å²) in [7, 11) is 3.05. The third-order valence-electron chi connectivity index (χ3n) is 4.13. The summed E-state index contributed by atoms with van der Waals surface area (Å²) in [6.45, 7) is 3.37. The van der Waals surface area contributed by atoms with Crippen LogP contribution in [0, 0.1) is 5.82 Å². The maximum absolute atomic E-state index is 14.7. The van der Waals surface area contributed by atoms with Crippen LogP contribution < -0.4 is 14.8 Å². The van der Waals surface area contributed by atoms with Crippen molar-refractivity contribution in [2.75, 3.05) is 40.4 Å². The van der Waals surface area contributed by atoms with Crippen molar-refractivity contribution in [3.8, 4) is 11.5 Å². The van der Waals surface area contributed by atoms with Crippen molar-refractivity contribution in [1.82, 2.24) is 10.2 Å². The lowest BCUT2D eigenvalue weighted by molar-refractivity contribution is 0.176. The maximum atomic E-state index is 14.7. The van der Waals surface area contributed by atoms with Crippen molar-refractivity contribution >= 4 is 0 Å². The van der Waals surface area contributed by atoms with Crippen LogP contribution in [0.25, 0.3) is 0 Å². The van der Waals surface area contributed by atoms with Gasteiger partial charge in [-0.3, -0.25) is 4.90 Å². The number of methoxy groups -OCH3 is 2. The Morgan fingerprint density at radius 3 is 2.48 bits per heavy atom. The Hall–Kier alpha value is -2.05. The number of halogens is 1. The second-order valence-corrected chi connectivity index (χ2v) is 5.43. The molecule has 1 saturated heterocycles. The van der Waals surface area contributed by atoms with Crippen molar-refractivity contribution < 1.29 is 18.3 Å². The maximum Gasteiger partial charge on any atom is 0.163 e. The minimum Gasteiger partial charge on any atom is -0.493 e. The second kappa shape index (κ2) is 7.02. The molecule has 0 amide bonds. The molecule has 2 aromatic rings. The lowest BCUT2D eigenvalue weighted by Crippen LogP contribution is -2.45. The molecule has 0 saturated carbocycles. The Bertz CT molecular complexity index is 640. The molecule has 1 atom stereocenters. The molecule has 1 aliphatic heterocycles. The van der Waals surface area contributed by atoms with Gasteiger partial charge in [-0.15, -0.1) is 0 Å². The molecule has 6 heteroatoms. The summed E-state index contributed by atoms with van der Waals surface area (Å²) in [6.07, 6.45) is 1.61. The zero-order valence-electron chi connectivity index (χ0n) is 13.3. The normalized spacial score (nSPS) is 17.0. The molecule has 124 valence electrons. The Morgan fingerprint density at radius 2 is 1.87 bits per heavy atom. The van der Waals surface area contributed by atoms with Gasteiger partial charge in [0, 0.05) is 37.8 Å². The van der Waals surface area contributed by atoms with Crippen LogP contribution in [0.2, 0.25) is 0 Å². The van der Waals surface area contributed by atoms with Gasteiger partial charge in [0.25, 0.3) is 0 Å². The van der Waals surface area contributed by atoms with E-state index in [1.165, 1.54) is 13.2 Å². The highest BCUT2D eigenvalue weighted by Crippen LogP contribution is 2.37. The number of rotatable bonds is 5. The van der Waals surface area contributed by atoms with E-state index in [0.29, 0.717) is 17.1 Å². The van der Waals surface area contributed by atoms with E-state index in [0.717, 1.165) is 31.9 Å². The van der Waals surface area contributed by atoms with Gasteiger partial charge in [0.15, 0.2) is 11.5 Å². The average molecular weight is 320 g/mol. The number of benzene rings is 1. The summed E-state index contributed by atoms with van der Waals surface area (Å²) < 4.78 is 30.8. The molecule has 0 unspecified atom stereocenters. The molecular formula is C17H21FN2O3. The lowest BCUT2D eigenvalue weighted by atomic mass is 10.0. The number of piperazine rings is 1. The molecule has 1 aromatic carbocycles. The largest absolute Gasteiger partial charge is 0.493 e. The number of furan rings is 1. The first kappa shape index (κ1) is 15.8. The predicted octanol–water partition coefficient (Wildman–Crippen LogP) is 2.43. The van der Waals surface area contributed by atoms with Gasteiger partial charge in [0.2, 0.25) is 0 Å². The molecule has 0 aliphatic carbocycles. The van der Waals surface area contributed by atoms with Crippen LogP contribution in [0.5, 0.6) is 11.5 Å². The number of ether oxygens (including phenoxy) is 2. The SMILES string of the molecule is COc1cc(F)c([C@H](c2ccco2)N2CCNCC2)cc1OC. The van der Waals surface area contributed by atoms with Crippen molar-refractivity contribution in [3.63, 3.8) is 0 Å². The van der Waals surface area contributed by atoms with Crippen LogP contribution >= 0.6 is 0 Å². The van der Waals surface area contributed by atoms with Gasteiger partial charge in [-0.25, -0.2) is 4.39 Å². The highest BCUT2D eigenvalue weighted by Gasteiger charge is 2.29. The summed E-state index contributed by atoms with van der Waals surface area (Å²) in [5, 5.41) is 3.31. The number of hydrogen-bond donors (Lipinski definition) is 1. The van der Waals surface area contributed by atoms with Gasteiger partial charge in [-0.2, -0.15) is 0 Å². The van der Waals surface area contributed by atoms with Crippen LogP contribution in [0.15, 0.2) is 34.9 Å². The smallest absolute Gasteiger partial charge is 0.163 e. The van der Waals surface area contributed by atoms with E-state index in [9.17, 15) is 4.39 Å². The van der Waals surface area contributed by atoms with E-state index in [1.54, 1.807) is 19.4 Å². The fourth-order valence-electron chi connectivity index (χ4n) is 3.00. The zero-order valence-corrected chi connectivity index (χ0v) is 13.3. The monoisotopic (exact) mass is 320 g/mol. The first-order chi connectivity index (χ1) is 11.2. The summed E-state index contributed by atoms with van der Waals surface area (Å²) in [5.74, 6) is 1.28. The van der Waals surface area contributed by atoms with Gasteiger partial charge in [-0.05, 0) is 18.2 Å². The molecule has 1 aliphatic rings. The van der Waals surface area contributed by atoms with Gasteiger partial charge in [0.05, 0.1) is 26.5 Å². The topological polar surface area (TPSA) is 46.9 Å². The molecule has 0 radical (unpaired) electrons. The van der Waals surface area contributed by atoms with Crippen molar-refractivity contribution in [1.29, 1.82) is 0 Å². The fraction of sp³-hybridized carbons (Fsp3) is 0.412. The van der Waals surface area contributed by atoms with Crippen LogP contribution in [0.1, 0.15) is 17.4 Å². The first-order valence-corrected chi connectivity index (χ1v) is 7.64.